The minimum atomic E-state index is -0.395. The Morgan fingerprint density at radius 3 is 3.12 bits per heavy atom. The first-order valence-electron chi connectivity index (χ1n) is 5.46. The number of halogens is 2. The number of fused-ring (bicyclic) bond motifs is 1. The van der Waals surface area contributed by atoms with Crippen LogP contribution in [0.5, 0.6) is 0 Å². The number of hydrogen-bond acceptors (Lipinski definition) is 2. The van der Waals surface area contributed by atoms with Gasteiger partial charge in [0.05, 0.1) is 23.1 Å². The number of aromatic amines is 1. The summed E-state index contributed by atoms with van der Waals surface area (Å²) in [6.07, 6.45) is 2.62. The second-order valence-corrected chi connectivity index (χ2v) is 4.48. The van der Waals surface area contributed by atoms with E-state index in [-0.39, 0.29) is 11.1 Å². The van der Waals surface area contributed by atoms with Gasteiger partial charge in [-0.25, -0.2) is 9.37 Å². The van der Waals surface area contributed by atoms with Gasteiger partial charge in [0.1, 0.15) is 5.82 Å². The number of aromatic nitrogens is 2. The van der Waals surface area contributed by atoms with Gasteiger partial charge >= 0.3 is 0 Å². The van der Waals surface area contributed by atoms with Crippen molar-refractivity contribution in [2.75, 3.05) is 6.54 Å². The lowest BCUT2D eigenvalue weighted by Gasteiger charge is -2.23. The van der Waals surface area contributed by atoms with Crippen molar-refractivity contribution in [2.45, 2.75) is 12.5 Å². The van der Waals surface area contributed by atoms with Crippen LogP contribution < -0.4 is 5.32 Å². The van der Waals surface area contributed by atoms with Gasteiger partial charge in [-0.05, 0) is 17.7 Å². The first kappa shape index (κ1) is 10.7. The SMILES string of the molecule is Fc1ccc([C@H]2NCCc3[nH]cnc32)cc1Cl. The molecule has 0 aliphatic carbocycles. The molecule has 2 N–H and O–H groups in total. The van der Waals surface area contributed by atoms with Crippen LogP contribution >= 0.6 is 11.6 Å². The molecule has 3 rings (SSSR count). The standard InChI is InChI=1S/C12H11ClFN3/c13-8-5-7(1-2-9(8)14)11-12-10(3-4-15-11)16-6-17-12/h1-2,5-6,11,15H,3-4H2,(H,16,17)/t11-/m1/s1. The highest BCUT2D eigenvalue weighted by atomic mass is 35.5. The molecule has 0 spiro atoms. The van der Waals surface area contributed by atoms with Crippen molar-refractivity contribution in [1.82, 2.24) is 15.3 Å². The first-order valence-corrected chi connectivity index (χ1v) is 5.84. The van der Waals surface area contributed by atoms with E-state index in [2.05, 4.69) is 15.3 Å². The van der Waals surface area contributed by atoms with E-state index < -0.39 is 5.82 Å². The lowest BCUT2D eigenvalue weighted by atomic mass is 9.98. The van der Waals surface area contributed by atoms with Crippen LogP contribution in [0.4, 0.5) is 4.39 Å². The molecule has 0 bridgehead atoms. The molecule has 17 heavy (non-hydrogen) atoms. The molecule has 0 saturated carbocycles. The van der Waals surface area contributed by atoms with Gasteiger partial charge in [0.25, 0.3) is 0 Å². The zero-order chi connectivity index (χ0) is 11.8. The summed E-state index contributed by atoms with van der Waals surface area (Å²) in [4.78, 5) is 7.44. The third-order valence-corrected chi connectivity index (χ3v) is 3.32. The Kier molecular flexibility index (Phi) is 2.61. The quantitative estimate of drug-likeness (QED) is 0.817. The molecule has 3 nitrogen and oxygen atoms in total. The molecule has 1 aromatic heterocycles. The summed E-state index contributed by atoms with van der Waals surface area (Å²) < 4.78 is 13.1. The van der Waals surface area contributed by atoms with E-state index in [4.69, 9.17) is 11.6 Å². The highest BCUT2D eigenvalue weighted by Gasteiger charge is 2.24. The van der Waals surface area contributed by atoms with E-state index in [1.807, 2.05) is 0 Å². The molecule has 0 amide bonds. The lowest BCUT2D eigenvalue weighted by molar-refractivity contribution is 0.551. The van der Waals surface area contributed by atoms with Gasteiger partial charge in [-0.3, -0.25) is 0 Å². The van der Waals surface area contributed by atoms with Crippen LogP contribution in [0.2, 0.25) is 5.02 Å². The molecule has 1 aliphatic rings. The van der Waals surface area contributed by atoms with Crippen LogP contribution in [-0.4, -0.2) is 16.5 Å². The minimum Gasteiger partial charge on any atom is -0.348 e. The molecule has 2 aromatic rings. The average molecular weight is 252 g/mol. The van der Waals surface area contributed by atoms with E-state index in [0.29, 0.717) is 0 Å². The summed E-state index contributed by atoms with van der Waals surface area (Å²) in [6.45, 7) is 0.870. The van der Waals surface area contributed by atoms with Crippen molar-refractivity contribution >= 4 is 11.6 Å². The molecule has 2 heterocycles. The molecule has 0 radical (unpaired) electrons. The van der Waals surface area contributed by atoms with Crippen molar-refractivity contribution in [3.05, 3.63) is 52.3 Å². The van der Waals surface area contributed by atoms with Gasteiger partial charge in [-0.15, -0.1) is 0 Å². The number of H-pyrrole nitrogens is 1. The highest BCUT2D eigenvalue weighted by Crippen LogP contribution is 2.28. The normalized spacial score (nSPS) is 19.1. The summed E-state index contributed by atoms with van der Waals surface area (Å²) in [5.74, 6) is -0.395. The topological polar surface area (TPSA) is 40.7 Å². The molecule has 0 fully saturated rings. The van der Waals surface area contributed by atoms with E-state index in [1.165, 1.54) is 6.07 Å². The predicted octanol–water partition coefficient (Wildman–Crippen LogP) is 2.44. The summed E-state index contributed by atoms with van der Waals surface area (Å²) in [6, 6.07) is 4.77. The van der Waals surface area contributed by atoms with Crippen LogP contribution in [0.25, 0.3) is 0 Å². The van der Waals surface area contributed by atoms with Gasteiger partial charge in [-0.1, -0.05) is 17.7 Å². The Balaban J connectivity index is 2.03. The predicted molar refractivity (Wildman–Crippen MR) is 63.5 cm³/mol. The first-order chi connectivity index (χ1) is 8.25. The monoisotopic (exact) mass is 251 g/mol. The fourth-order valence-corrected chi connectivity index (χ4v) is 2.38. The number of rotatable bonds is 1. The summed E-state index contributed by atoms with van der Waals surface area (Å²) in [5.41, 5.74) is 3.04. The molecule has 0 saturated heterocycles. The molecule has 88 valence electrons. The number of hydrogen-bond donors (Lipinski definition) is 2. The van der Waals surface area contributed by atoms with E-state index in [1.54, 1.807) is 18.5 Å². The summed E-state index contributed by atoms with van der Waals surface area (Å²) in [5, 5.41) is 3.51. The van der Waals surface area contributed by atoms with Gasteiger partial charge in [-0.2, -0.15) is 0 Å². The number of nitrogens with zero attached hydrogens (tertiary/aromatic N) is 1. The van der Waals surface area contributed by atoms with Crippen LogP contribution in [0.3, 0.4) is 0 Å². The molecule has 0 unspecified atom stereocenters. The average Bonchev–Trinajstić information content (AvgIpc) is 2.80. The van der Waals surface area contributed by atoms with Crippen molar-refractivity contribution in [3.8, 4) is 0 Å². The Morgan fingerprint density at radius 2 is 2.29 bits per heavy atom. The fourth-order valence-electron chi connectivity index (χ4n) is 2.19. The molecule has 5 heteroatoms. The largest absolute Gasteiger partial charge is 0.348 e. The van der Waals surface area contributed by atoms with Crippen LogP contribution in [-0.2, 0) is 6.42 Å². The van der Waals surface area contributed by atoms with Gasteiger partial charge in [0.15, 0.2) is 0 Å². The lowest BCUT2D eigenvalue weighted by Crippen LogP contribution is -2.30. The smallest absolute Gasteiger partial charge is 0.141 e. The fraction of sp³-hybridized carbons (Fsp3) is 0.250. The third-order valence-electron chi connectivity index (χ3n) is 3.03. The van der Waals surface area contributed by atoms with Crippen LogP contribution in [0.1, 0.15) is 23.0 Å². The maximum absolute atomic E-state index is 13.1. The van der Waals surface area contributed by atoms with E-state index in [9.17, 15) is 4.39 Å². The van der Waals surface area contributed by atoms with E-state index >= 15 is 0 Å². The maximum Gasteiger partial charge on any atom is 0.141 e. The molecule has 1 atom stereocenters. The zero-order valence-corrected chi connectivity index (χ0v) is 9.76. The Bertz CT molecular complexity index is 552. The third kappa shape index (κ3) is 1.83. The molecule has 1 aliphatic heterocycles. The number of nitrogens with one attached hydrogen (secondary N) is 2. The molecular weight excluding hydrogens is 241 g/mol. The van der Waals surface area contributed by atoms with Crippen LogP contribution in [0.15, 0.2) is 24.5 Å². The van der Waals surface area contributed by atoms with Crippen LogP contribution in [0, 0.1) is 5.82 Å². The number of benzene rings is 1. The van der Waals surface area contributed by atoms with Gasteiger partial charge in [0, 0.05) is 18.7 Å². The molecular formula is C12H11ClFN3. The Morgan fingerprint density at radius 1 is 1.41 bits per heavy atom. The highest BCUT2D eigenvalue weighted by molar-refractivity contribution is 6.30. The van der Waals surface area contributed by atoms with Crippen molar-refractivity contribution in [1.29, 1.82) is 0 Å². The minimum absolute atomic E-state index is 0.0110. The Hall–Kier alpha value is -1.39. The maximum atomic E-state index is 13.1. The molecule has 1 aromatic carbocycles. The summed E-state index contributed by atoms with van der Waals surface area (Å²) >= 11 is 5.80. The second kappa shape index (κ2) is 4.13. The van der Waals surface area contributed by atoms with E-state index in [0.717, 1.165) is 29.9 Å². The van der Waals surface area contributed by atoms with Crippen molar-refractivity contribution in [3.63, 3.8) is 0 Å². The summed E-state index contributed by atoms with van der Waals surface area (Å²) in [7, 11) is 0. The second-order valence-electron chi connectivity index (χ2n) is 4.08. The number of imidazole rings is 1. The van der Waals surface area contributed by atoms with Crippen molar-refractivity contribution in [2.24, 2.45) is 0 Å². The zero-order valence-electron chi connectivity index (χ0n) is 9.00. The van der Waals surface area contributed by atoms with Crippen molar-refractivity contribution < 1.29 is 4.39 Å². The Labute approximate surface area is 103 Å². The van der Waals surface area contributed by atoms with Gasteiger partial charge in [0.2, 0.25) is 0 Å². The van der Waals surface area contributed by atoms with Gasteiger partial charge < -0.3 is 10.3 Å².